The van der Waals surface area contributed by atoms with E-state index in [1.807, 2.05) is 6.92 Å². The van der Waals surface area contributed by atoms with Crippen molar-refractivity contribution >= 4 is 28.2 Å². The van der Waals surface area contributed by atoms with Gasteiger partial charge in [0.05, 0.1) is 11.6 Å². The van der Waals surface area contributed by atoms with Gasteiger partial charge in [-0.25, -0.2) is 4.79 Å². The largest absolute Gasteiger partial charge is 0.462 e. The molecule has 0 bridgehead atoms. The molecular weight excluding hydrogens is 250 g/mol. The molecule has 0 aliphatic heterocycles. The Kier molecular flexibility index (Phi) is 4.36. The van der Waals surface area contributed by atoms with E-state index in [9.17, 15) is 9.59 Å². The van der Waals surface area contributed by atoms with Crippen molar-refractivity contribution in [3.8, 4) is 0 Å². The van der Waals surface area contributed by atoms with Crippen molar-refractivity contribution in [1.29, 1.82) is 0 Å². The predicted octanol–water partition coefficient (Wildman–Crippen LogP) is 3.05. The molecule has 0 aromatic carbocycles. The molecule has 1 heterocycles. The minimum absolute atomic E-state index is 0.0581. The standard InChI is InChI=1S/C13H17NO3S/c1-2-3-8-17-13(16)10-6-7-11(18-10)14-12(15)9-4-5-9/h6-7,9H,2-5,8H2,1H3,(H,14,15). The number of hydrogen-bond donors (Lipinski definition) is 1. The molecule has 0 saturated heterocycles. The quantitative estimate of drug-likeness (QED) is 0.636. The highest BCUT2D eigenvalue weighted by Crippen LogP contribution is 2.31. The van der Waals surface area contributed by atoms with E-state index in [1.54, 1.807) is 12.1 Å². The van der Waals surface area contributed by atoms with Crippen LogP contribution in [0.2, 0.25) is 0 Å². The topological polar surface area (TPSA) is 55.4 Å². The van der Waals surface area contributed by atoms with Gasteiger partial charge >= 0.3 is 5.97 Å². The van der Waals surface area contributed by atoms with Crippen molar-refractivity contribution in [2.75, 3.05) is 11.9 Å². The van der Waals surface area contributed by atoms with Crippen LogP contribution in [-0.4, -0.2) is 18.5 Å². The summed E-state index contributed by atoms with van der Waals surface area (Å²) >= 11 is 1.27. The number of unbranched alkanes of at least 4 members (excludes halogenated alkanes) is 1. The van der Waals surface area contributed by atoms with Gasteiger partial charge in [-0.05, 0) is 31.4 Å². The van der Waals surface area contributed by atoms with Crippen molar-refractivity contribution in [2.45, 2.75) is 32.6 Å². The van der Waals surface area contributed by atoms with Crippen LogP contribution in [0.4, 0.5) is 5.00 Å². The molecule has 98 valence electrons. The lowest BCUT2D eigenvalue weighted by atomic mass is 10.4. The first-order chi connectivity index (χ1) is 8.70. The van der Waals surface area contributed by atoms with Crippen LogP contribution in [0, 0.1) is 5.92 Å². The third-order valence-electron chi connectivity index (χ3n) is 2.73. The Labute approximate surface area is 110 Å². The van der Waals surface area contributed by atoms with Gasteiger partial charge in [-0.2, -0.15) is 0 Å². The monoisotopic (exact) mass is 267 g/mol. The van der Waals surface area contributed by atoms with Crippen LogP contribution >= 0.6 is 11.3 Å². The van der Waals surface area contributed by atoms with Crippen LogP contribution in [0.3, 0.4) is 0 Å². The molecule has 5 heteroatoms. The second kappa shape index (κ2) is 6.00. The Bertz CT molecular complexity index is 437. The van der Waals surface area contributed by atoms with E-state index < -0.39 is 0 Å². The third kappa shape index (κ3) is 3.57. The molecule has 0 spiro atoms. The van der Waals surface area contributed by atoms with E-state index in [1.165, 1.54) is 11.3 Å². The van der Waals surface area contributed by atoms with Crippen LogP contribution in [-0.2, 0) is 9.53 Å². The summed E-state index contributed by atoms with van der Waals surface area (Å²) in [6.07, 6.45) is 3.83. The van der Waals surface area contributed by atoms with Crippen LogP contribution in [0.15, 0.2) is 12.1 Å². The number of carbonyl (C=O) groups excluding carboxylic acids is 2. The first-order valence-electron chi connectivity index (χ1n) is 6.28. The number of amides is 1. The van der Waals surface area contributed by atoms with Gasteiger partial charge in [0.25, 0.3) is 0 Å². The number of nitrogens with one attached hydrogen (secondary N) is 1. The second-order valence-corrected chi connectivity index (χ2v) is 5.50. The molecule has 4 nitrogen and oxygen atoms in total. The number of ether oxygens (including phenoxy) is 1. The summed E-state index contributed by atoms with van der Waals surface area (Å²) in [5, 5.41) is 3.54. The number of esters is 1. The zero-order chi connectivity index (χ0) is 13.0. The highest BCUT2D eigenvalue weighted by molar-refractivity contribution is 7.18. The van der Waals surface area contributed by atoms with Gasteiger partial charge in [0, 0.05) is 5.92 Å². The van der Waals surface area contributed by atoms with E-state index in [4.69, 9.17) is 4.74 Å². The maximum Gasteiger partial charge on any atom is 0.348 e. The average Bonchev–Trinajstić information content (AvgIpc) is 3.10. The molecule has 18 heavy (non-hydrogen) atoms. The lowest BCUT2D eigenvalue weighted by Gasteiger charge is -2.01. The maximum atomic E-state index is 11.6. The van der Waals surface area contributed by atoms with E-state index >= 15 is 0 Å². The molecule has 1 aromatic heterocycles. The molecule has 0 radical (unpaired) electrons. The minimum atomic E-state index is -0.305. The summed E-state index contributed by atoms with van der Waals surface area (Å²) < 4.78 is 5.11. The lowest BCUT2D eigenvalue weighted by Crippen LogP contribution is -2.12. The van der Waals surface area contributed by atoms with Gasteiger partial charge in [-0.3, -0.25) is 4.79 Å². The number of hydrogen-bond acceptors (Lipinski definition) is 4. The van der Waals surface area contributed by atoms with E-state index in [0.717, 1.165) is 25.7 Å². The van der Waals surface area contributed by atoms with E-state index in [-0.39, 0.29) is 17.8 Å². The normalized spacial score (nSPS) is 14.3. The first-order valence-corrected chi connectivity index (χ1v) is 7.10. The minimum Gasteiger partial charge on any atom is -0.462 e. The van der Waals surface area contributed by atoms with Gasteiger partial charge in [-0.15, -0.1) is 11.3 Å². The smallest absolute Gasteiger partial charge is 0.348 e. The van der Waals surface area contributed by atoms with Crippen molar-refractivity contribution in [3.05, 3.63) is 17.0 Å². The van der Waals surface area contributed by atoms with Gasteiger partial charge in [0.15, 0.2) is 0 Å². The maximum absolute atomic E-state index is 11.6. The zero-order valence-electron chi connectivity index (χ0n) is 10.4. The molecule has 1 fully saturated rings. The summed E-state index contributed by atoms with van der Waals surface area (Å²) in [6.45, 7) is 2.50. The molecule has 2 rings (SSSR count). The van der Waals surface area contributed by atoms with Gasteiger partial charge in [0.1, 0.15) is 4.88 Å². The van der Waals surface area contributed by atoms with Crippen molar-refractivity contribution in [1.82, 2.24) is 0 Å². The summed E-state index contributed by atoms with van der Waals surface area (Å²) in [7, 11) is 0. The Morgan fingerprint density at radius 3 is 2.89 bits per heavy atom. The highest BCUT2D eigenvalue weighted by atomic mass is 32.1. The van der Waals surface area contributed by atoms with Crippen molar-refractivity contribution in [3.63, 3.8) is 0 Å². The second-order valence-electron chi connectivity index (χ2n) is 4.42. The van der Waals surface area contributed by atoms with Crippen molar-refractivity contribution < 1.29 is 14.3 Å². The molecule has 1 saturated carbocycles. The Morgan fingerprint density at radius 2 is 2.22 bits per heavy atom. The van der Waals surface area contributed by atoms with Gasteiger partial charge in [-0.1, -0.05) is 13.3 Å². The summed E-state index contributed by atoms with van der Waals surface area (Å²) in [5.41, 5.74) is 0. The molecular formula is C13H17NO3S. The molecule has 0 unspecified atom stereocenters. The fraction of sp³-hybridized carbons (Fsp3) is 0.538. The zero-order valence-corrected chi connectivity index (χ0v) is 11.2. The number of carbonyl (C=O) groups is 2. The summed E-state index contributed by atoms with van der Waals surface area (Å²) in [5.74, 6) is -0.0739. The highest BCUT2D eigenvalue weighted by Gasteiger charge is 2.29. The molecule has 0 atom stereocenters. The molecule has 1 aromatic rings. The van der Waals surface area contributed by atoms with Gasteiger partial charge in [0.2, 0.25) is 5.91 Å². The Balaban J connectivity index is 1.84. The Hall–Kier alpha value is -1.36. The van der Waals surface area contributed by atoms with E-state index in [2.05, 4.69) is 5.32 Å². The number of thiophene rings is 1. The number of anilines is 1. The fourth-order valence-electron chi connectivity index (χ4n) is 1.46. The Morgan fingerprint density at radius 1 is 1.44 bits per heavy atom. The average molecular weight is 267 g/mol. The number of rotatable bonds is 6. The van der Waals surface area contributed by atoms with Crippen LogP contribution < -0.4 is 5.32 Å². The van der Waals surface area contributed by atoms with Gasteiger partial charge < -0.3 is 10.1 Å². The van der Waals surface area contributed by atoms with Crippen LogP contribution in [0.5, 0.6) is 0 Å². The fourth-order valence-corrected chi connectivity index (χ4v) is 2.27. The first kappa shape index (κ1) is 13.1. The molecule has 1 amide bonds. The summed E-state index contributed by atoms with van der Waals surface area (Å²) in [6, 6.07) is 3.45. The van der Waals surface area contributed by atoms with Crippen molar-refractivity contribution in [2.24, 2.45) is 5.92 Å². The molecule has 1 aliphatic rings. The lowest BCUT2D eigenvalue weighted by molar-refractivity contribution is -0.117. The predicted molar refractivity (Wildman–Crippen MR) is 70.9 cm³/mol. The SMILES string of the molecule is CCCCOC(=O)c1ccc(NC(=O)C2CC2)s1. The van der Waals surface area contributed by atoms with Crippen LogP contribution in [0.1, 0.15) is 42.3 Å². The molecule has 1 aliphatic carbocycles. The van der Waals surface area contributed by atoms with E-state index in [0.29, 0.717) is 16.5 Å². The summed E-state index contributed by atoms with van der Waals surface area (Å²) in [4.78, 5) is 23.7. The van der Waals surface area contributed by atoms with Crippen LogP contribution in [0.25, 0.3) is 0 Å². The third-order valence-corrected chi connectivity index (χ3v) is 3.71. The molecule has 1 N–H and O–H groups in total.